The van der Waals surface area contributed by atoms with Gasteiger partial charge in [0, 0.05) is 49.7 Å². The Morgan fingerprint density at radius 2 is 1.82 bits per heavy atom. The van der Waals surface area contributed by atoms with Gasteiger partial charge in [-0.1, -0.05) is 30.3 Å². The highest BCUT2D eigenvalue weighted by Crippen LogP contribution is 2.38. The van der Waals surface area contributed by atoms with Crippen LogP contribution in [0.5, 0.6) is 11.5 Å². The fraction of sp³-hybridized carbons (Fsp3) is 0.241. The van der Waals surface area contributed by atoms with Gasteiger partial charge in [0.2, 0.25) is 5.95 Å². The highest BCUT2D eigenvalue weighted by Gasteiger charge is 2.34. The molecule has 4 aromatic rings. The fourth-order valence-corrected chi connectivity index (χ4v) is 5.24. The van der Waals surface area contributed by atoms with Crippen molar-refractivity contribution >= 4 is 29.0 Å². The minimum Gasteiger partial charge on any atom is -0.505 e. The van der Waals surface area contributed by atoms with E-state index in [2.05, 4.69) is 25.1 Å². The number of ether oxygens (including phenoxy) is 1. The summed E-state index contributed by atoms with van der Waals surface area (Å²) < 4.78 is 7.83. The number of aryl methyl sites for hydroxylation is 1. The van der Waals surface area contributed by atoms with Crippen molar-refractivity contribution in [3.63, 3.8) is 0 Å². The number of amides is 1. The van der Waals surface area contributed by atoms with Crippen molar-refractivity contribution in [2.24, 2.45) is 7.05 Å². The van der Waals surface area contributed by atoms with Crippen molar-refractivity contribution < 1.29 is 19.4 Å². The van der Waals surface area contributed by atoms with Gasteiger partial charge < -0.3 is 29.5 Å². The molecular formula is C29H28N6O4. The average molecular weight is 525 g/mol. The van der Waals surface area contributed by atoms with E-state index in [-0.39, 0.29) is 11.8 Å². The second-order valence-electron chi connectivity index (χ2n) is 9.78. The molecule has 1 atom stereocenters. The Balaban J connectivity index is 1.18. The van der Waals surface area contributed by atoms with E-state index in [1.165, 1.54) is 12.4 Å². The molecule has 1 amide bonds. The van der Waals surface area contributed by atoms with Crippen LogP contribution in [-0.4, -0.2) is 63.6 Å². The molecule has 0 bridgehead atoms. The molecule has 198 valence electrons. The summed E-state index contributed by atoms with van der Waals surface area (Å²) in [7, 11) is 1.79. The monoisotopic (exact) mass is 524 g/mol. The molecule has 4 heterocycles. The topological polar surface area (TPSA) is 113 Å². The van der Waals surface area contributed by atoms with Gasteiger partial charge in [0.15, 0.2) is 5.75 Å². The Morgan fingerprint density at radius 3 is 2.59 bits per heavy atom. The maximum atomic E-state index is 13.3. The van der Waals surface area contributed by atoms with Gasteiger partial charge in [-0.25, -0.2) is 9.97 Å². The molecule has 10 heteroatoms. The summed E-state index contributed by atoms with van der Waals surface area (Å²) in [5.74, 6) is -0.0390. The van der Waals surface area contributed by atoms with Crippen molar-refractivity contribution in [3.05, 3.63) is 78.4 Å². The van der Waals surface area contributed by atoms with Gasteiger partial charge in [0.25, 0.3) is 11.7 Å². The molecule has 2 aliphatic heterocycles. The lowest BCUT2D eigenvalue weighted by Crippen LogP contribution is -2.57. The molecular weight excluding hydrogens is 496 g/mol. The molecule has 2 aliphatic rings. The van der Waals surface area contributed by atoms with Crippen molar-refractivity contribution in [1.82, 2.24) is 14.5 Å². The maximum absolute atomic E-state index is 13.3. The smallest absolute Gasteiger partial charge is 0.298 e. The molecule has 1 saturated heterocycles. The first kappa shape index (κ1) is 24.5. The SMILES string of the molecule is Cc1cc(-c2ccccc2)c(C(=O)C(=O)Nc2ccc3c(c2)OC[C@H]2CN(c4ncc(O)cn4)CCN32)n1C. The number of carbonyl (C=O) groups excluding carboxylic acids is 2. The first-order valence-corrected chi connectivity index (χ1v) is 12.8. The Bertz CT molecular complexity index is 1550. The van der Waals surface area contributed by atoms with Gasteiger partial charge in [-0.2, -0.15) is 0 Å². The van der Waals surface area contributed by atoms with E-state index >= 15 is 0 Å². The van der Waals surface area contributed by atoms with Crippen LogP contribution in [0.4, 0.5) is 17.3 Å². The Kier molecular flexibility index (Phi) is 6.14. The predicted octanol–water partition coefficient (Wildman–Crippen LogP) is 3.41. The van der Waals surface area contributed by atoms with Gasteiger partial charge in [-0.3, -0.25) is 9.59 Å². The van der Waals surface area contributed by atoms with Gasteiger partial charge in [-0.15, -0.1) is 0 Å². The van der Waals surface area contributed by atoms with E-state index in [4.69, 9.17) is 4.74 Å². The predicted molar refractivity (Wildman–Crippen MR) is 148 cm³/mol. The molecule has 0 spiro atoms. The summed E-state index contributed by atoms with van der Waals surface area (Å²) in [5.41, 5.74) is 4.28. The van der Waals surface area contributed by atoms with E-state index < -0.39 is 11.7 Å². The number of benzene rings is 2. The normalized spacial score (nSPS) is 16.2. The fourth-order valence-electron chi connectivity index (χ4n) is 5.24. The molecule has 0 radical (unpaired) electrons. The number of nitrogens with one attached hydrogen (secondary N) is 1. The number of nitrogens with zero attached hydrogens (tertiary/aromatic N) is 5. The number of hydrogen-bond donors (Lipinski definition) is 2. The summed E-state index contributed by atoms with van der Waals surface area (Å²) in [6.45, 7) is 4.50. The Morgan fingerprint density at radius 1 is 1.05 bits per heavy atom. The van der Waals surface area contributed by atoms with Crippen LogP contribution < -0.4 is 19.9 Å². The second kappa shape index (κ2) is 9.79. The zero-order valence-electron chi connectivity index (χ0n) is 21.7. The molecule has 10 nitrogen and oxygen atoms in total. The van der Waals surface area contributed by atoms with Crippen LogP contribution in [0, 0.1) is 6.92 Å². The quantitative estimate of drug-likeness (QED) is 0.302. The Hall–Kier alpha value is -4.86. The van der Waals surface area contributed by atoms with Crippen LogP contribution in [-0.2, 0) is 11.8 Å². The Labute approximate surface area is 225 Å². The number of hydrogen-bond acceptors (Lipinski definition) is 8. The molecule has 39 heavy (non-hydrogen) atoms. The van der Waals surface area contributed by atoms with E-state index in [1.807, 2.05) is 49.4 Å². The number of carbonyl (C=O) groups is 2. The third-order valence-electron chi connectivity index (χ3n) is 7.33. The van der Waals surface area contributed by atoms with E-state index in [0.29, 0.717) is 42.8 Å². The molecule has 0 aliphatic carbocycles. The standard InChI is InChI=1S/C29H28N6O4/c1-18-12-23(19-6-4-3-5-7-19)26(33(18)2)27(37)28(38)32-20-8-9-24-25(13-20)39-17-21-16-34(10-11-35(21)24)29-30-14-22(36)15-31-29/h3-9,12-15,21,36H,10-11,16-17H2,1-2H3,(H,32,38)/t21-/m1/s1. The number of anilines is 3. The number of Topliss-reactive ketones (excluding diaryl/α,β-unsaturated/α-hetero) is 1. The number of fused-ring (bicyclic) bond motifs is 3. The molecule has 2 aromatic carbocycles. The van der Waals surface area contributed by atoms with Crippen molar-refractivity contribution in [3.8, 4) is 22.6 Å². The molecule has 0 saturated carbocycles. The summed E-state index contributed by atoms with van der Waals surface area (Å²) >= 11 is 0. The van der Waals surface area contributed by atoms with Crippen molar-refractivity contribution in [1.29, 1.82) is 0 Å². The van der Waals surface area contributed by atoms with Crippen molar-refractivity contribution in [2.75, 3.05) is 41.4 Å². The summed E-state index contributed by atoms with van der Waals surface area (Å²) in [5, 5.41) is 12.2. The second-order valence-corrected chi connectivity index (χ2v) is 9.78. The highest BCUT2D eigenvalue weighted by atomic mass is 16.5. The first-order valence-electron chi connectivity index (χ1n) is 12.8. The molecule has 2 aromatic heterocycles. The largest absolute Gasteiger partial charge is 0.505 e. The maximum Gasteiger partial charge on any atom is 0.298 e. The van der Waals surface area contributed by atoms with Gasteiger partial charge in [0.05, 0.1) is 24.1 Å². The number of ketones is 1. The van der Waals surface area contributed by atoms with E-state index in [0.717, 1.165) is 29.1 Å². The van der Waals surface area contributed by atoms with Gasteiger partial charge in [0.1, 0.15) is 18.1 Å². The number of aromatic hydroxyl groups is 1. The highest BCUT2D eigenvalue weighted by molar-refractivity contribution is 6.47. The summed E-state index contributed by atoms with van der Waals surface area (Å²) in [6, 6.07) is 17.1. The minimum atomic E-state index is -0.704. The molecule has 1 fully saturated rings. The number of aromatic nitrogens is 3. The van der Waals surface area contributed by atoms with Crippen molar-refractivity contribution in [2.45, 2.75) is 13.0 Å². The summed E-state index contributed by atoms with van der Waals surface area (Å²) in [4.78, 5) is 39.2. The van der Waals surface area contributed by atoms with Crippen LogP contribution >= 0.6 is 0 Å². The molecule has 0 unspecified atom stereocenters. The zero-order chi connectivity index (χ0) is 27.1. The average Bonchev–Trinajstić information content (AvgIpc) is 3.26. The third kappa shape index (κ3) is 4.54. The van der Waals surface area contributed by atoms with E-state index in [1.54, 1.807) is 23.7 Å². The lowest BCUT2D eigenvalue weighted by atomic mass is 10.0. The first-order chi connectivity index (χ1) is 18.9. The number of rotatable bonds is 5. The lowest BCUT2D eigenvalue weighted by molar-refractivity contribution is -0.112. The van der Waals surface area contributed by atoms with Crippen LogP contribution in [0.2, 0.25) is 0 Å². The third-order valence-corrected chi connectivity index (χ3v) is 7.33. The van der Waals surface area contributed by atoms with Crippen LogP contribution in [0.15, 0.2) is 67.0 Å². The molecule has 6 rings (SSSR count). The van der Waals surface area contributed by atoms with Gasteiger partial charge >= 0.3 is 0 Å². The van der Waals surface area contributed by atoms with Crippen LogP contribution in [0.3, 0.4) is 0 Å². The minimum absolute atomic E-state index is 0.0345. The van der Waals surface area contributed by atoms with Crippen LogP contribution in [0.25, 0.3) is 11.1 Å². The van der Waals surface area contributed by atoms with E-state index in [9.17, 15) is 14.7 Å². The van der Waals surface area contributed by atoms with Gasteiger partial charge in [-0.05, 0) is 30.7 Å². The number of piperazine rings is 1. The van der Waals surface area contributed by atoms with Crippen LogP contribution in [0.1, 0.15) is 16.2 Å². The molecule has 2 N–H and O–H groups in total. The zero-order valence-corrected chi connectivity index (χ0v) is 21.7. The summed E-state index contributed by atoms with van der Waals surface area (Å²) in [6.07, 6.45) is 2.78. The lowest BCUT2D eigenvalue weighted by Gasteiger charge is -2.45.